The molecule has 3 N–H and O–H groups in total. The molecule has 0 bridgehead atoms. The predicted molar refractivity (Wildman–Crippen MR) is 99.5 cm³/mol. The van der Waals surface area contributed by atoms with Crippen molar-refractivity contribution in [3.05, 3.63) is 35.9 Å². The predicted octanol–water partition coefficient (Wildman–Crippen LogP) is 2.21. The van der Waals surface area contributed by atoms with Gasteiger partial charge in [-0.1, -0.05) is 51.1 Å². The maximum Gasteiger partial charge on any atom is 0.362 e. The van der Waals surface area contributed by atoms with E-state index < -0.39 is 30.2 Å². The minimum Gasteiger partial charge on any atom is -0.481 e. The number of amides is 1. The second-order valence-corrected chi connectivity index (χ2v) is 8.52. The van der Waals surface area contributed by atoms with Gasteiger partial charge in [-0.3, -0.25) is 10.1 Å². The lowest BCUT2D eigenvalue weighted by Gasteiger charge is -2.41. The first-order valence-corrected chi connectivity index (χ1v) is 9.14. The summed E-state index contributed by atoms with van der Waals surface area (Å²) < 4.78 is -0.325. The van der Waals surface area contributed by atoms with Crippen molar-refractivity contribution in [2.75, 3.05) is 0 Å². The zero-order valence-electron chi connectivity index (χ0n) is 16.3. The summed E-state index contributed by atoms with van der Waals surface area (Å²) >= 11 is 0. The highest BCUT2D eigenvalue weighted by Crippen LogP contribution is 2.36. The number of rotatable bonds is 7. The largest absolute Gasteiger partial charge is 0.481 e. The average molecular weight is 377 g/mol. The highest BCUT2D eigenvalue weighted by Gasteiger charge is 2.60. The molecule has 1 aromatic carbocycles. The zero-order valence-corrected chi connectivity index (χ0v) is 16.3. The summed E-state index contributed by atoms with van der Waals surface area (Å²) in [5.41, 5.74) is 0.671. The van der Waals surface area contributed by atoms with Gasteiger partial charge in [0, 0.05) is 12.0 Å². The molecule has 1 saturated heterocycles. The van der Waals surface area contributed by atoms with E-state index in [2.05, 4.69) is 5.32 Å². The Bertz CT molecular complexity index is 713. The van der Waals surface area contributed by atoms with E-state index in [1.165, 1.54) is 6.92 Å². The lowest BCUT2D eigenvalue weighted by molar-refractivity contribution is -0.901. The Balaban J connectivity index is 2.56. The fourth-order valence-corrected chi connectivity index (χ4v) is 3.87. The van der Waals surface area contributed by atoms with Crippen molar-refractivity contribution in [2.24, 2.45) is 5.41 Å². The molecule has 0 aromatic heterocycles. The quantitative estimate of drug-likeness (QED) is 0.630. The van der Waals surface area contributed by atoms with Gasteiger partial charge in [-0.25, -0.2) is 14.1 Å². The van der Waals surface area contributed by atoms with Crippen molar-refractivity contribution >= 4 is 17.8 Å². The molecule has 1 aliphatic rings. The van der Waals surface area contributed by atoms with Crippen LogP contribution in [0.5, 0.6) is 0 Å². The minimum atomic E-state index is -1.09. The Labute approximate surface area is 159 Å². The number of benzene rings is 1. The number of aliphatic carboxylic acids is 2. The molecule has 2 rings (SSSR count). The molecule has 1 heterocycles. The van der Waals surface area contributed by atoms with Gasteiger partial charge in [-0.15, -0.1) is 0 Å². The van der Waals surface area contributed by atoms with Crippen LogP contribution in [0.4, 0.5) is 0 Å². The van der Waals surface area contributed by atoms with Gasteiger partial charge in [0.25, 0.3) is 0 Å². The summed E-state index contributed by atoms with van der Waals surface area (Å²) in [6.07, 6.45) is -0.298. The van der Waals surface area contributed by atoms with Crippen LogP contribution in [0, 0.1) is 5.41 Å². The molecule has 0 saturated carbocycles. The van der Waals surface area contributed by atoms with Crippen LogP contribution in [0.15, 0.2) is 30.3 Å². The van der Waals surface area contributed by atoms with Crippen LogP contribution in [0.25, 0.3) is 0 Å². The normalized spacial score (nSPS) is 26.7. The second kappa shape index (κ2) is 7.78. The first kappa shape index (κ1) is 21.1. The van der Waals surface area contributed by atoms with E-state index >= 15 is 0 Å². The smallest absolute Gasteiger partial charge is 0.362 e. The lowest BCUT2D eigenvalue weighted by atomic mass is 9.89. The Kier molecular flexibility index (Phi) is 6.07. The number of nitrogens with one attached hydrogen (secondary N) is 1. The van der Waals surface area contributed by atoms with Crippen molar-refractivity contribution in [1.82, 2.24) is 5.32 Å². The molecular weight excluding hydrogens is 348 g/mol. The topological polar surface area (TPSA) is 104 Å². The van der Waals surface area contributed by atoms with E-state index in [1.54, 1.807) is 0 Å². The molecule has 148 valence electrons. The number of nitrogens with zero attached hydrogens (tertiary/aromatic N) is 1. The van der Waals surface area contributed by atoms with E-state index in [9.17, 15) is 24.6 Å². The van der Waals surface area contributed by atoms with Gasteiger partial charge in [0.1, 0.15) is 12.6 Å². The standard InChI is InChI=1S/C20H28N2O5/c1-13(19(26)27)22(12-14-8-6-5-7-9-14)16(11-20(2,3)4)21-15(18(22)25)10-17(23)24/h5-9,13,15-16,21H,10-12H2,1-4H3,(H-,23,24,26,27)/p+1. The van der Waals surface area contributed by atoms with Gasteiger partial charge in [-0.05, 0) is 12.3 Å². The van der Waals surface area contributed by atoms with Crippen molar-refractivity contribution < 1.29 is 29.1 Å². The molecule has 1 aromatic rings. The van der Waals surface area contributed by atoms with Gasteiger partial charge in [0.15, 0.2) is 12.2 Å². The molecule has 0 radical (unpaired) electrons. The number of carbonyl (C=O) groups is 3. The van der Waals surface area contributed by atoms with Crippen molar-refractivity contribution in [2.45, 2.75) is 65.3 Å². The Hall–Kier alpha value is -2.25. The number of hydrogen-bond donors (Lipinski definition) is 3. The third-order valence-corrected chi connectivity index (χ3v) is 5.18. The molecule has 1 amide bonds. The molecule has 4 atom stereocenters. The van der Waals surface area contributed by atoms with Gasteiger partial charge >= 0.3 is 17.8 Å². The Morgan fingerprint density at radius 2 is 1.78 bits per heavy atom. The maximum atomic E-state index is 13.4. The minimum absolute atomic E-state index is 0.172. The summed E-state index contributed by atoms with van der Waals surface area (Å²) in [6, 6.07) is 7.37. The Morgan fingerprint density at radius 1 is 1.19 bits per heavy atom. The van der Waals surface area contributed by atoms with Crippen LogP contribution in [0.3, 0.4) is 0 Å². The van der Waals surface area contributed by atoms with E-state index in [0.29, 0.717) is 6.42 Å². The summed E-state index contributed by atoms with van der Waals surface area (Å²) in [5.74, 6) is -2.53. The molecule has 7 heteroatoms. The van der Waals surface area contributed by atoms with Gasteiger partial charge in [0.2, 0.25) is 0 Å². The number of carboxylic acid groups (broad SMARTS) is 2. The summed E-state index contributed by atoms with van der Waals surface area (Å²) in [7, 11) is 0. The number of hydrogen-bond acceptors (Lipinski definition) is 4. The van der Waals surface area contributed by atoms with E-state index in [1.807, 2.05) is 51.1 Å². The van der Waals surface area contributed by atoms with E-state index in [4.69, 9.17) is 0 Å². The number of quaternary nitrogens is 1. The first-order valence-electron chi connectivity index (χ1n) is 9.14. The van der Waals surface area contributed by atoms with Crippen LogP contribution in [0.1, 0.15) is 46.1 Å². The van der Waals surface area contributed by atoms with Crippen molar-refractivity contribution in [1.29, 1.82) is 0 Å². The van der Waals surface area contributed by atoms with E-state index in [0.717, 1.165) is 5.56 Å². The molecular formula is C20H29N2O5+. The number of carbonyl (C=O) groups excluding carboxylic acids is 1. The monoisotopic (exact) mass is 377 g/mol. The molecule has 4 unspecified atom stereocenters. The fraction of sp³-hybridized carbons (Fsp3) is 0.550. The number of carboxylic acids is 2. The Morgan fingerprint density at radius 3 is 2.26 bits per heavy atom. The maximum absolute atomic E-state index is 13.4. The molecule has 7 nitrogen and oxygen atoms in total. The molecule has 27 heavy (non-hydrogen) atoms. The van der Waals surface area contributed by atoms with Crippen molar-refractivity contribution in [3.63, 3.8) is 0 Å². The second-order valence-electron chi connectivity index (χ2n) is 8.52. The van der Waals surface area contributed by atoms with Gasteiger partial charge < -0.3 is 10.2 Å². The van der Waals surface area contributed by atoms with Gasteiger partial charge in [-0.2, -0.15) is 0 Å². The van der Waals surface area contributed by atoms with E-state index in [-0.39, 0.29) is 28.8 Å². The first-order chi connectivity index (χ1) is 12.5. The van der Waals surface area contributed by atoms with Crippen molar-refractivity contribution in [3.8, 4) is 0 Å². The summed E-state index contributed by atoms with van der Waals surface area (Å²) in [6.45, 7) is 7.80. The van der Waals surface area contributed by atoms with Crippen LogP contribution in [0.2, 0.25) is 0 Å². The van der Waals surface area contributed by atoms with Crippen LogP contribution >= 0.6 is 0 Å². The average Bonchev–Trinajstić information content (AvgIpc) is 2.79. The molecule has 0 spiro atoms. The molecule has 1 fully saturated rings. The van der Waals surface area contributed by atoms with Crippen LogP contribution in [-0.2, 0) is 20.9 Å². The van der Waals surface area contributed by atoms with Gasteiger partial charge in [0.05, 0.1) is 6.42 Å². The summed E-state index contributed by atoms with van der Waals surface area (Å²) in [4.78, 5) is 36.6. The third kappa shape index (κ3) is 4.54. The highest BCUT2D eigenvalue weighted by molar-refractivity contribution is 5.85. The fourth-order valence-electron chi connectivity index (χ4n) is 3.87. The highest BCUT2D eigenvalue weighted by atomic mass is 16.4. The zero-order chi connectivity index (χ0) is 20.4. The lowest BCUT2D eigenvalue weighted by Crippen LogP contribution is -2.64. The third-order valence-electron chi connectivity index (χ3n) is 5.18. The van der Waals surface area contributed by atoms with Crippen LogP contribution < -0.4 is 5.32 Å². The van der Waals surface area contributed by atoms with Crippen LogP contribution in [-0.4, -0.2) is 50.8 Å². The molecule has 1 aliphatic heterocycles. The molecule has 0 aliphatic carbocycles. The summed E-state index contributed by atoms with van der Waals surface area (Å²) in [5, 5.41) is 22.1. The SMILES string of the molecule is CC(C(=O)O)[N+]1(Cc2ccccc2)C(=O)C(CC(=O)O)NC1CC(C)(C)C.